The first-order valence-electron chi connectivity index (χ1n) is 11.1. The van der Waals surface area contributed by atoms with Gasteiger partial charge in [-0.05, 0) is 41.8 Å². The van der Waals surface area contributed by atoms with Gasteiger partial charge in [0.05, 0.1) is 11.7 Å². The number of hydrogen-bond acceptors (Lipinski definition) is 4. The normalized spacial score (nSPS) is 18.8. The van der Waals surface area contributed by atoms with Crippen LogP contribution in [-0.2, 0) is 0 Å². The number of likely N-dealkylation sites (tertiary alicyclic amines) is 1. The Morgan fingerprint density at radius 3 is 2.61 bits per heavy atom. The lowest BCUT2D eigenvalue weighted by molar-refractivity contribution is 0.0129. The quantitative estimate of drug-likeness (QED) is 0.617. The van der Waals surface area contributed by atoms with Crippen LogP contribution in [0, 0.1) is 5.41 Å². The van der Waals surface area contributed by atoms with E-state index in [9.17, 15) is 14.7 Å². The van der Waals surface area contributed by atoms with Crippen LogP contribution in [-0.4, -0.2) is 57.3 Å². The molecule has 33 heavy (non-hydrogen) atoms. The molecule has 0 saturated carbocycles. The van der Waals surface area contributed by atoms with Crippen LogP contribution in [0.1, 0.15) is 44.0 Å². The summed E-state index contributed by atoms with van der Waals surface area (Å²) in [4.78, 5) is 29.6. The van der Waals surface area contributed by atoms with Crippen molar-refractivity contribution in [3.8, 4) is 11.6 Å². The molecule has 3 aromatic rings. The van der Waals surface area contributed by atoms with Crippen LogP contribution >= 0.6 is 0 Å². The zero-order valence-electron chi connectivity index (χ0n) is 19.4. The molecule has 1 aromatic carbocycles. The number of piperidine rings is 1. The molecule has 1 fully saturated rings. The summed E-state index contributed by atoms with van der Waals surface area (Å²) >= 11 is 0. The number of fused-ring (bicyclic) bond motifs is 1. The van der Waals surface area contributed by atoms with E-state index in [0.29, 0.717) is 30.7 Å². The van der Waals surface area contributed by atoms with Crippen LogP contribution in [0.5, 0.6) is 5.75 Å². The average molecular weight is 451 g/mol. The van der Waals surface area contributed by atoms with Crippen LogP contribution < -0.4 is 10.1 Å². The van der Waals surface area contributed by atoms with Crippen LogP contribution in [0.2, 0.25) is 0 Å². The molecule has 8 heteroatoms. The largest absolute Gasteiger partial charge is 0.489 e. The lowest BCUT2D eigenvalue weighted by atomic mass is 9.80. The predicted octanol–water partition coefficient (Wildman–Crippen LogP) is 4.32. The Balaban J connectivity index is 1.49. The third kappa shape index (κ3) is 4.65. The van der Waals surface area contributed by atoms with E-state index in [4.69, 9.17) is 4.74 Å². The Hall–Kier alpha value is -3.55. The molecule has 1 aliphatic rings. The Kier molecular flexibility index (Phi) is 6.01. The van der Waals surface area contributed by atoms with Crippen molar-refractivity contribution in [1.82, 2.24) is 19.8 Å². The summed E-state index contributed by atoms with van der Waals surface area (Å²) < 4.78 is 8.15. The van der Waals surface area contributed by atoms with Crippen molar-refractivity contribution in [2.75, 3.05) is 13.6 Å². The highest BCUT2D eigenvalue weighted by Gasteiger charge is 2.39. The number of benzene rings is 1. The fourth-order valence-corrected chi connectivity index (χ4v) is 4.50. The monoisotopic (exact) mass is 450 g/mol. The third-order valence-corrected chi connectivity index (χ3v) is 6.25. The highest BCUT2D eigenvalue weighted by molar-refractivity contribution is 5.98. The summed E-state index contributed by atoms with van der Waals surface area (Å²) in [6.07, 6.45) is 3.99. The van der Waals surface area contributed by atoms with Gasteiger partial charge in [0, 0.05) is 49.6 Å². The van der Waals surface area contributed by atoms with E-state index in [1.807, 2.05) is 41.1 Å². The molecular formula is C25H30N4O4. The van der Waals surface area contributed by atoms with E-state index >= 15 is 0 Å². The highest BCUT2D eigenvalue weighted by Crippen LogP contribution is 2.33. The first-order valence-corrected chi connectivity index (χ1v) is 11.1. The minimum absolute atomic E-state index is 0.0620. The standard InChI is InChI=1S/C25H30N4O4/c1-25(2,3)21-14-18(10-12-29(21)24(31)32)33-19-6-8-22(27-15-19)28-11-9-16-13-17(23(30)26-4)5-7-20(16)28/h5-9,11,13,15,18,21H,10,12,14H2,1-4H3,(H,26,30)(H,31,32). The molecule has 2 amide bonds. The fourth-order valence-electron chi connectivity index (χ4n) is 4.50. The van der Waals surface area contributed by atoms with Gasteiger partial charge >= 0.3 is 6.09 Å². The number of aromatic nitrogens is 2. The fraction of sp³-hybridized carbons (Fsp3) is 0.400. The Morgan fingerprint density at radius 1 is 1.18 bits per heavy atom. The van der Waals surface area contributed by atoms with E-state index in [0.717, 1.165) is 16.7 Å². The highest BCUT2D eigenvalue weighted by atomic mass is 16.5. The predicted molar refractivity (Wildman–Crippen MR) is 126 cm³/mol. The van der Waals surface area contributed by atoms with Gasteiger partial charge in [-0.2, -0.15) is 0 Å². The molecule has 2 atom stereocenters. The van der Waals surface area contributed by atoms with Gasteiger partial charge in [-0.3, -0.25) is 4.79 Å². The summed E-state index contributed by atoms with van der Waals surface area (Å²) in [5, 5.41) is 13.1. The zero-order valence-corrected chi connectivity index (χ0v) is 19.4. The molecule has 174 valence electrons. The SMILES string of the molecule is CNC(=O)c1ccc2c(ccn2-c2ccc(OC3CCN(C(=O)O)C(C(C)(C)C)C3)cn2)c1. The minimum atomic E-state index is -0.874. The molecule has 1 aliphatic heterocycles. The second-order valence-corrected chi connectivity index (χ2v) is 9.51. The maximum atomic E-state index is 11.9. The maximum absolute atomic E-state index is 11.9. The molecule has 8 nitrogen and oxygen atoms in total. The number of carboxylic acid groups (broad SMARTS) is 1. The molecule has 2 N–H and O–H groups in total. The molecular weight excluding hydrogens is 420 g/mol. The third-order valence-electron chi connectivity index (χ3n) is 6.25. The van der Waals surface area contributed by atoms with Gasteiger partial charge in [0.25, 0.3) is 5.91 Å². The smallest absolute Gasteiger partial charge is 0.407 e. The molecule has 4 rings (SSSR count). The number of nitrogens with zero attached hydrogens (tertiary/aromatic N) is 3. The first-order chi connectivity index (χ1) is 15.7. The molecule has 3 heterocycles. The summed E-state index contributed by atoms with van der Waals surface area (Å²) in [6.45, 7) is 6.64. The van der Waals surface area contributed by atoms with Crippen LogP contribution in [0.25, 0.3) is 16.7 Å². The number of amides is 2. The second-order valence-electron chi connectivity index (χ2n) is 9.51. The lowest BCUT2D eigenvalue weighted by Gasteiger charge is -2.44. The molecule has 0 bridgehead atoms. The maximum Gasteiger partial charge on any atom is 0.407 e. The Labute approximate surface area is 193 Å². The van der Waals surface area contributed by atoms with Crippen molar-refractivity contribution in [2.45, 2.75) is 45.8 Å². The molecule has 0 radical (unpaired) electrons. The van der Waals surface area contributed by atoms with Gasteiger partial charge in [0.15, 0.2) is 0 Å². The van der Waals surface area contributed by atoms with Gasteiger partial charge in [0.1, 0.15) is 17.7 Å². The number of ether oxygens (including phenoxy) is 1. The number of nitrogens with one attached hydrogen (secondary N) is 1. The van der Waals surface area contributed by atoms with E-state index in [2.05, 4.69) is 31.1 Å². The number of hydrogen-bond donors (Lipinski definition) is 2. The van der Waals surface area contributed by atoms with Gasteiger partial charge < -0.3 is 24.6 Å². The van der Waals surface area contributed by atoms with E-state index < -0.39 is 6.09 Å². The van der Waals surface area contributed by atoms with Gasteiger partial charge in [-0.25, -0.2) is 9.78 Å². The summed E-state index contributed by atoms with van der Waals surface area (Å²) in [7, 11) is 1.62. The zero-order chi connectivity index (χ0) is 23.8. The van der Waals surface area contributed by atoms with E-state index in [1.165, 1.54) is 4.90 Å². The van der Waals surface area contributed by atoms with Crippen LogP contribution in [0.4, 0.5) is 4.79 Å². The van der Waals surface area contributed by atoms with Crippen molar-refractivity contribution in [1.29, 1.82) is 0 Å². The van der Waals surface area contributed by atoms with Crippen molar-refractivity contribution in [3.05, 3.63) is 54.4 Å². The summed E-state index contributed by atoms with van der Waals surface area (Å²) in [5.41, 5.74) is 1.40. The van der Waals surface area contributed by atoms with Crippen LogP contribution in [0.15, 0.2) is 48.8 Å². The average Bonchev–Trinajstić information content (AvgIpc) is 3.21. The molecule has 0 aliphatic carbocycles. The van der Waals surface area contributed by atoms with Gasteiger partial charge in [-0.15, -0.1) is 0 Å². The van der Waals surface area contributed by atoms with Gasteiger partial charge in [-0.1, -0.05) is 20.8 Å². The van der Waals surface area contributed by atoms with Crippen LogP contribution in [0.3, 0.4) is 0 Å². The van der Waals surface area contributed by atoms with E-state index in [-0.39, 0.29) is 23.5 Å². The van der Waals surface area contributed by atoms with E-state index in [1.54, 1.807) is 19.3 Å². The molecule has 0 spiro atoms. The molecule has 2 unspecified atom stereocenters. The molecule has 1 saturated heterocycles. The van der Waals surface area contributed by atoms with Gasteiger partial charge in [0.2, 0.25) is 0 Å². The summed E-state index contributed by atoms with van der Waals surface area (Å²) in [6, 6.07) is 11.2. The lowest BCUT2D eigenvalue weighted by Crippen LogP contribution is -2.53. The van der Waals surface area contributed by atoms with Crippen molar-refractivity contribution in [3.63, 3.8) is 0 Å². The second kappa shape index (κ2) is 8.77. The van der Waals surface area contributed by atoms with Crippen molar-refractivity contribution < 1.29 is 19.4 Å². The topological polar surface area (TPSA) is 96.7 Å². The minimum Gasteiger partial charge on any atom is -0.489 e. The van der Waals surface area contributed by atoms with Crippen molar-refractivity contribution in [2.24, 2.45) is 5.41 Å². The summed E-state index contributed by atoms with van der Waals surface area (Å²) in [5.74, 6) is 1.30. The number of carbonyl (C=O) groups is 2. The van der Waals surface area contributed by atoms with Crippen molar-refractivity contribution >= 4 is 22.9 Å². The number of rotatable bonds is 4. The number of carbonyl (C=O) groups excluding carboxylic acids is 1. The Bertz CT molecular complexity index is 1160. The number of pyridine rings is 1. The Morgan fingerprint density at radius 2 is 1.97 bits per heavy atom. The molecule has 2 aromatic heterocycles. The first kappa shape index (κ1) is 22.6.